The molecular formula is C24H20N2O5S. The van der Waals surface area contributed by atoms with Gasteiger partial charge in [-0.25, -0.2) is 4.90 Å². The van der Waals surface area contributed by atoms with Crippen molar-refractivity contribution in [2.75, 3.05) is 11.7 Å². The van der Waals surface area contributed by atoms with Gasteiger partial charge in [-0.15, -0.1) is 11.3 Å². The summed E-state index contributed by atoms with van der Waals surface area (Å²) < 4.78 is 10.8. The lowest BCUT2D eigenvalue weighted by atomic mass is 10.1. The molecule has 0 spiro atoms. The van der Waals surface area contributed by atoms with Gasteiger partial charge in [0.05, 0.1) is 17.0 Å². The fraction of sp³-hybridized carbons (Fsp3) is 0.208. The van der Waals surface area contributed by atoms with E-state index in [1.807, 2.05) is 30.5 Å². The van der Waals surface area contributed by atoms with Gasteiger partial charge in [0.2, 0.25) is 12.7 Å². The molecule has 0 bridgehead atoms. The molecule has 2 aliphatic rings. The van der Waals surface area contributed by atoms with Crippen LogP contribution in [0.1, 0.15) is 27.2 Å². The number of thiophene rings is 1. The number of carbonyl (C=O) groups excluding carboxylic acids is 3. The smallest absolute Gasteiger partial charge is 0.264 e. The Morgan fingerprint density at radius 2 is 1.88 bits per heavy atom. The molecule has 2 aromatic carbocycles. The van der Waals surface area contributed by atoms with Crippen molar-refractivity contribution in [3.63, 3.8) is 0 Å². The van der Waals surface area contributed by atoms with Gasteiger partial charge in [0.15, 0.2) is 11.5 Å². The van der Waals surface area contributed by atoms with Gasteiger partial charge in [-0.3, -0.25) is 14.4 Å². The molecule has 0 N–H and O–H groups in total. The van der Waals surface area contributed by atoms with Crippen molar-refractivity contribution in [3.8, 4) is 11.5 Å². The number of carbonyl (C=O) groups is 3. The Bertz CT molecular complexity index is 1190. The summed E-state index contributed by atoms with van der Waals surface area (Å²) in [7, 11) is 0. The minimum Gasteiger partial charge on any atom is -0.454 e. The van der Waals surface area contributed by atoms with Crippen molar-refractivity contribution in [2.45, 2.75) is 25.9 Å². The molecule has 8 heteroatoms. The van der Waals surface area contributed by atoms with Gasteiger partial charge < -0.3 is 14.4 Å². The first-order valence-corrected chi connectivity index (χ1v) is 11.1. The molecule has 0 saturated carbocycles. The predicted octanol–water partition coefficient (Wildman–Crippen LogP) is 3.76. The molecule has 3 amide bonds. The number of ether oxygens (including phenoxy) is 2. The summed E-state index contributed by atoms with van der Waals surface area (Å²) in [5, 5.41) is 1.81. The van der Waals surface area contributed by atoms with E-state index in [2.05, 4.69) is 0 Å². The highest BCUT2D eigenvalue weighted by atomic mass is 32.1. The Kier molecular flexibility index (Phi) is 5.14. The second-order valence-corrected chi connectivity index (χ2v) is 8.67. The fourth-order valence-electron chi connectivity index (χ4n) is 3.93. The van der Waals surface area contributed by atoms with Crippen molar-refractivity contribution < 1.29 is 23.9 Å². The molecule has 3 heterocycles. The number of nitrogens with zero attached hydrogens (tertiary/aromatic N) is 2. The lowest BCUT2D eigenvalue weighted by Crippen LogP contribution is -2.44. The third-order valence-electron chi connectivity index (χ3n) is 5.57. The topological polar surface area (TPSA) is 76.2 Å². The van der Waals surface area contributed by atoms with Crippen molar-refractivity contribution in [3.05, 3.63) is 76.0 Å². The first-order valence-electron chi connectivity index (χ1n) is 10.2. The molecule has 7 nitrogen and oxygen atoms in total. The van der Waals surface area contributed by atoms with E-state index in [9.17, 15) is 14.4 Å². The van der Waals surface area contributed by atoms with E-state index in [1.54, 1.807) is 36.4 Å². The summed E-state index contributed by atoms with van der Waals surface area (Å²) in [4.78, 5) is 42.7. The lowest BCUT2D eigenvalue weighted by Gasteiger charge is -2.27. The van der Waals surface area contributed by atoms with Gasteiger partial charge in [-0.1, -0.05) is 29.8 Å². The summed E-state index contributed by atoms with van der Waals surface area (Å²) in [5.74, 6) is 0.237. The standard InChI is InChI=1S/C24H20N2O5S/c1-15-4-7-17(8-5-15)26-22(27)12-18(23(26)28)25(24(29)21-3-2-10-32-21)13-16-6-9-19-20(11-16)31-14-30-19/h2-11,18H,12-14H2,1H3. The zero-order valence-electron chi connectivity index (χ0n) is 17.3. The van der Waals surface area contributed by atoms with Crippen molar-refractivity contribution in [2.24, 2.45) is 0 Å². The van der Waals surface area contributed by atoms with Crippen LogP contribution in [0.4, 0.5) is 5.69 Å². The minimum absolute atomic E-state index is 0.0611. The summed E-state index contributed by atoms with van der Waals surface area (Å²) in [5.41, 5.74) is 2.33. The van der Waals surface area contributed by atoms with E-state index in [4.69, 9.17) is 9.47 Å². The molecule has 5 rings (SSSR count). The van der Waals surface area contributed by atoms with Gasteiger partial charge in [0.25, 0.3) is 11.8 Å². The third-order valence-corrected chi connectivity index (χ3v) is 6.43. The van der Waals surface area contributed by atoms with Crippen LogP contribution in [-0.4, -0.2) is 35.5 Å². The summed E-state index contributed by atoms with van der Waals surface area (Å²) in [6, 6.07) is 15.2. The van der Waals surface area contributed by atoms with Crippen LogP contribution in [-0.2, 0) is 16.1 Å². The molecule has 1 fully saturated rings. The molecule has 1 aromatic heterocycles. The number of amides is 3. The van der Waals surface area contributed by atoms with Crippen LogP contribution in [0.15, 0.2) is 60.0 Å². The number of anilines is 1. The molecule has 1 atom stereocenters. The second-order valence-electron chi connectivity index (χ2n) is 7.72. The maximum atomic E-state index is 13.4. The Morgan fingerprint density at radius 1 is 1.09 bits per heavy atom. The van der Waals surface area contributed by atoms with Gasteiger partial charge in [-0.05, 0) is 48.2 Å². The molecule has 0 radical (unpaired) electrons. The quantitative estimate of drug-likeness (QED) is 0.556. The largest absolute Gasteiger partial charge is 0.454 e. The molecule has 1 saturated heterocycles. The number of hydrogen-bond donors (Lipinski definition) is 0. The first kappa shape index (κ1) is 20.3. The fourth-order valence-corrected chi connectivity index (χ4v) is 4.60. The number of fused-ring (bicyclic) bond motifs is 1. The highest BCUT2D eigenvalue weighted by Crippen LogP contribution is 2.34. The molecule has 3 aromatic rings. The van der Waals surface area contributed by atoms with E-state index in [1.165, 1.54) is 21.1 Å². The van der Waals surface area contributed by atoms with E-state index in [0.717, 1.165) is 11.1 Å². The molecule has 0 aliphatic carbocycles. The van der Waals surface area contributed by atoms with Crippen molar-refractivity contribution >= 4 is 34.7 Å². The zero-order valence-corrected chi connectivity index (χ0v) is 18.1. The van der Waals surface area contributed by atoms with E-state index in [-0.39, 0.29) is 31.6 Å². The molecule has 2 aliphatic heterocycles. The molecule has 1 unspecified atom stereocenters. The van der Waals surface area contributed by atoms with Crippen LogP contribution in [0.25, 0.3) is 0 Å². The van der Waals surface area contributed by atoms with Gasteiger partial charge in [0.1, 0.15) is 6.04 Å². The summed E-state index contributed by atoms with van der Waals surface area (Å²) in [6.07, 6.45) is -0.0611. The number of benzene rings is 2. The third kappa shape index (κ3) is 3.62. The maximum Gasteiger partial charge on any atom is 0.264 e. The monoisotopic (exact) mass is 448 g/mol. The van der Waals surface area contributed by atoms with Gasteiger partial charge >= 0.3 is 0 Å². The number of imide groups is 1. The Balaban J connectivity index is 1.47. The SMILES string of the molecule is Cc1ccc(N2C(=O)CC(N(Cc3ccc4c(c3)OCO4)C(=O)c3cccs3)C2=O)cc1. The van der Waals surface area contributed by atoms with Crippen LogP contribution >= 0.6 is 11.3 Å². The van der Waals surface area contributed by atoms with Crippen molar-refractivity contribution in [1.29, 1.82) is 0 Å². The van der Waals surface area contributed by atoms with E-state index in [0.29, 0.717) is 22.1 Å². The summed E-state index contributed by atoms with van der Waals surface area (Å²) >= 11 is 1.30. The molecule has 162 valence electrons. The first-order chi connectivity index (χ1) is 15.5. The average molecular weight is 449 g/mol. The number of aryl methyl sites for hydroxylation is 1. The Morgan fingerprint density at radius 3 is 2.62 bits per heavy atom. The van der Waals surface area contributed by atoms with Gasteiger partial charge in [0, 0.05) is 6.54 Å². The highest BCUT2D eigenvalue weighted by molar-refractivity contribution is 7.12. The highest BCUT2D eigenvalue weighted by Gasteiger charge is 2.44. The summed E-state index contributed by atoms with van der Waals surface area (Å²) in [6.45, 7) is 2.25. The second kappa shape index (κ2) is 8.12. The van der Waals surface area contributed by atoms with Crippen molar-refractivity contribution in [1.82, 2.24) is 4.90 Å². The lowest BCUT2D eigenvalue weighted by molar-refractivity contribution is -0.122. The Labute approximate surface area is 188 Å². The number of rotatable bonds is 5. The molecule has 32 heavy (non-hydrogen) atoms. The van der Waals surface area contributed by atoms with Crippen LogP contribution in [0.5, 0.6) is 11.5 Å². The zero-order chi connectivity index (χ0) is 22.2. The normalized spacial score (nSPS) is 17.2. The Hall–Kier alpha value is -3.65. The molecular weight excluding hydrogens is 428 g/mol. The van der Waals surface area contributed by atoms with Crippen LogP contribution in [0, 0.1) is 6.92 Å². The van der Waals surface area contributed by atoms with Gasteiger partial charge in [-0.2, -0.15) is 0 Å². The maximum absolute atomic E-state index is 13.4. The van der Waals surface area contributed by atoms with E-state index < -0.39 is 11.9 Å². The number of hydrogen-bond acceptors (Lipinski definition) is 6. The van der Waals surface area contributed by atoms with Crippen LogP contribution < -0.4 is 14.4 Å². The van der Waals surface area contributed by atoms with Crippen LogP contribution in [0.2, 0.25) is 0 Å². The van der Waals surface area contributed by atoms with E-state index >= 15 is 0 Å². The van der Waals surface area contributed by atoms with Crippen LogP contribution in [0.3, 0.4) is 0 Å². The average Bonchev–Trinajstić information content (AvgIpc) is 3.53. The predicted molar refractivity (Wildman–Crippen MR) is 119 cm³/mol. The minimum atomic E-state index is -0.885.